The number of nitrogens with zero attached hydrogens (tertiary/aromatic N) is 1. The van der Waals surface area contributed by atoms with Crippen LogP contribution in [0.25, 0.3) is 0 Å². The van der Waals surface area contributed by atoms with Crippen molar-refractivity contribution in [1.29, 1.82) is 0 Å². The molecule has 0 aromatic carbocycles. The number of aromatic nitrogens is 1. The Hall–Kier alpha value is -0.930. The molecule has 1 aromatic heterocycles. The van der Waals surface area contributed by atoms with Crippen LogP contribution in [0.15, 0.2) is 18.3 Å². The number of fused-ring (bicyclic) bond motifs is 1. The first-order valence-electron chi connectivity index (χ1n) is 8.49. The minimum atomic E-state index is -0.134. The van der Waals surface area contributed by atoms with Crippen molar-refractivity contribution in [3.63, 3.8) is 0 Å². The monoisotopic (exact) mass is 288 g/mol. The average Bonchev–Trinajstić information content (AvgIpc) is 2.93. The van der Waals surface area contributed by atoms with Gasteiger partial charge in [-0.2, -0.15) is 0 Å². The summed E-state index contributed by atoms with van der Waals surface area (Å²) in [4.78, 5) is 4.63. The van der Waals surface area contributed by atoms with Crippen LogP contribution in [-0.4, -0.2) is 23.2 Å². The maximum atomic E-state index is 6.77. The van der Waals surface area contributed by atoms with Crippen LogP contribution in [-0.2, 0) is 11.2 Å². The third kappa shape index (κ3) is 2.74. The summed E-state index contributed by atoms with van der Waals surface area (Å²) in [5, 5.41) is 0. The zero-order chi connectivity index (χ0) is 14.9. The first-order chi connectivity index (χ1) is 10.2. The second kappa shape index (κ2) is 6.05. The molecule has 21 heavy (non-hydrogen) atoms. The van der Waals surface area contributed by atoms with Crippen LogP contribution in [0.4, 0.5) is 0 Å². The molecule has 3 heteroatoms. The molecule has 0 bridgehead atoms. The maximum absolute atomic E-state index is 6.77. The van der Waals surface area contributed by atoms with Crippen LogP contribution >= 0.6 is 0 Å². The molecule has 1 saturated carbocycles. The van der Waals surface area contributed by atoms with Crippen molar-refractivity contribution in [2.75, 3.05) is 6.61 Å². The van der Waals surface area contributed by atoms with Gasteiger partial charge in [0.1, 0.15) is 0 Å². The Morgan fingerprint density at radius 3 is 2.86 bits per heavy atom. The Kier molecular flexibility index (Phi) is 4.32. The van der Waals surface area contributed by atoms with Gasteiger partial charge in [-0.25, -0.2) is 0 Å². The van der Waals surface area contributed by atoms with E-state index in [1.54, 1.807) is 0 Å². The van der Waals surface area contributed by atoms with Gasteiger partial charge < -0.3 is 10.5 Å². The first-order valence-corrected chi connectivity index (χ1v) is 8.49. The molecule has 116 valence electrons. The summed E-state index contributed by atoms with van der Waals surface area (Å²) in [5.74, 6) is 1.17. The highest BCUT2D eigenvalue weighted by atomic mass is 16.5. The molecule has 0 radical (unpaired) electrons. The van der Waals surface area contributed by atoms with Crippen molar-refractivity contribution in [3.8, 4) is 0 Å². The van der Waals surface area contributed by atoms with E-state index in [4.69, 9.17) is 10.5 Å². The molecular weight excluding hydrogens is 260 g/mol. The normalized spacial score (nSPS) is 33.7. The van der Waals surface area contributed by atoms with Gasteiger partial charge in [0.15, 0.2) is 0 Å². The van der Waals surface area contributed by atoms with Crippen LogP contribution in [0.1, 0.15) is 63.1 Å². The lowest BCUT2D eigenvalue weighted by molar-refractivity contribution is -0.0936. The minimum Gasteiger partial charge on any atom is -0.374 e. The first kappa shape index (κ1) is 15.0. The molecule has 2 N–H and O–H groups in total. The number of pyridine rings is 1. The molecule has 3 nitrogen and oxygen atoms in total. The van der Waals surface area contributed by atoms with Crippen LogP contribution in [0, 0.1) is 5.92 Å². The Balaban J connectivity index is 1.84. The molecule has 0 spiro atoms. The van der Waals surface area contributed by atoms with E-state index in [1.165, 1.54) is 24.1 Å². The fraction of sp³-hybridized carbons (Fsp3) is 0.722. The standard InChI is InChI=1S/C18H28N2O/c1-3-21-18(10-8-13(2)9-11-18)17(19)15-7-6-14-5-4-12-20-16(14)15/h4-5,12-13,15,17H,3,6-11,19H2,1-2H3. The third-order valence-electron chi connectivity index (χ3n) is 5.60. The lowest BCUT2D eigenvalue weighted by Crippen LogP contribution is -2.54. The molecule has 0 saturated heterocycles. The summed E-state index contributed by atoms with van der Waals surface area (Å²) in [6, 6.07) is 4.31. The number of rotatable bonds is 4. The number of ether oxygens (including phenoxy) is 1. The quantitative estimate of drug-likeness (QED) is 0.923. The van der Waals surface area contributed by atoms with Gasteiger partial charge in [-0.15, -0.1) is 0 Å². The van der Waals surface area contributed by atoms with Crippen LogP contribution in [0.5, 0.6) is 0 Å². The van der Waals surface area contributed by atoms with Gasteiger partial charge in [0, 0.05) is 30.5 Å². The SMILES string of the molecule is CCOC1(C(N)C2CCc3cccnc32)CCC(C)CC1. The van der Waals surface area contributed by atoms with Gasteiger partial charge in [-0.3, -0.25) is 4.98 Å². The van der Waals surface area contributed by atoms with E-state index in [2.05, 4.69) is 24.9 Å². The van der Waals surface area contributed by atoms with Gasteiger partial charge in [-0.1, -0.05) is 13.0 Å². The molecule has 0 aliphatic heterocycles. The molecule has 0 amide bonds. The van der Waals surface area contributed by atoms with Crippen molar-refractivity contribution in [3.05, 3.63) is 29.6 Å². The number of hydrogen-bond donors (Lipinski definition) is 1. The van der Waals surface area contributed by atoms with Crippen molar-refractivity contribution in [2.24, 2.45) is 11.7 Å². The van der Waals surface area contributed by atoms with E-state index in [-0.39, 0.29) is 11.6 Å². The fourth-order valence-electron chi connectivity index (χ4n) is 4.27. The van der Waals surface area contributed by atoms with E-state index < -0.39 is 0 Å². The highest BCUT2D eigenvalue weighted by Gasteiger charge is 2.45. The molecule has 1 fully saturated rings. The van der Waals surface area contributed by atoms with Crippen molar-refractivity contribution in [2.45, 2.75) is 69.9 Å². The highest BCUT2D eigenvalue weighted by Crippen LogP contribution is 2.44. The van der Waals surface area contributed by atoms with Crippen LogP contribution in [0.3, 0.4) is 0 Å². The van der Waals surface area contributed by atoms with Gasteiger partial charge >= 0.3 is 0 Å². The number of nitrogens with two attached hydrogens (primary N) is 1. The molecule has 2 atom stereocenters. The topological polar surface area (TPSA) is 48.1 Å². The van der Waals surface area contributed by atoms with Crippen molar-refractivity contribution >= 4 is 0 Å². The van der Waals surface area contributed by atoms with E-state index in [9.17, 15) is 0 Å². The predicted molar refractivity (Wildman–Crippen MR) is 85.3 cm³/mol. The van der Waals surface area contributed by atoms with Crippen LogP contribution < -0.4 is 5.73 Å². The molecule has 3 rings (SSSR count). The molecule has 1 aromatic rings. The lowest BCUT2D eigenvalue weighted by atomic mass is 9.71. The Bertz CT molecular complexity index is 480. The smallest absolute Gasteiger partial charge is 0.0839 e. The van der Waals surface area contributed by atoms with E-state index >= 15 is 0 Å². The van der Waals surface area contributed by atoms with Crippen molar-refractivity contribution < 1.29 is 4.74 Å². The summed E-state index contributed by atoms with van der Waals surface area (Å²) < 4.78 is 6.26. The molecule has 1 heterocycles. The minimum absolute atomic E-state index is 0.0705. The predicted octanol–water partition coefficient (Wildman–Crippen LogP) is 3.42. The zero-order valence-corrected chi connectivity index (χ0v) is 13.3. The number of aryl methyl sites for hydroxylation is 1. The summed E-state index contributed by atoms with van der Waals surface area (Å²) in [7, 11) is 0. The second-order valence-electron chi connectivity index (χ2n) is 6.90. The Labute approximate surface area is 128 Å². The van der Waals surface area contributed by atoms with Gasteiger partial charge in [-0.05, 0) is 63.0 Å². The third-order valence-corrected chi connectivity index (χ3v) is 5.60. The summed E-state index contributed by atoms with van der Waals surface area (Å²) in [6.45, 7) is 5.19. The van der Waals surface area contributed by atoms with Crippen molar-refractivity contribution in [1.82, 2.24) is 4.98 Å². The highest BCUT2D eigenvalue weighted by molar-refractivity contribution is 5.31. The molecule has 2 unspecified atom stereocenters. The second-order valence-corrected chi connectivity index (χ2v) is 6.90. The average molecular weight is 288 g/mol. The van der Waals surface area contributed by atoms with Gasteiger partial charge in [0.2, 0.25) is 0 Å². The maximum Gasteiger partial charge on any atom is 0.0839 e. The van der Waals surface area contributed by atoms with E-state index in [0.717, 1.165) is 38.2 Å². The Morgan fingerprint density at radius 2 is 2.14 bits per heavy atom. The molecular formula is C18H28N2O. The summed E-state index contributed by atoms with van der Waals surface area (Å²) in [5.41, 5.74) is 9.24. The summed E-state index contributed by atoms with van der Waals surface area (Å²) >= 11 is 0. The fourth-order valence-corrected chi connectivity index (χ4v) is 4.27. The molecule has 2 aliphatic carbocycles. The largest absolute Gasteiger partial charge is 0.374 e. The van der Waals surface area contributed by atoms with E-state index in [1.807, 2.05) is 12.3 Å². The number of hydrogen-bond acceptors (Lipinski definition) is 3. The molecule has 2 aliphatic rings. The zero-order valence-electron chi connectivity index (χ0n) is 13.3. The van der Waals surface area contributed by atoms with E-state index in [0.29, 0.717) is 5.92 Å². The lowest BCUT2D eigenvalue weighted by Gasteiger charge is -2.45. The summed E-state index contributed by atoms with van der Waals surface area (Å²) in [6.07, 6.45) is 8.80. The van der Waals surface area contributed by atoms with Crippen LogP contribution in [0.2, 0.25) is 0 Å². The van der Waals surface area contributed by atoms with Gasteiger partial charge in [0.05, 0.1) is 5.60 Å². The van der Waals surface area contributed by atoms with Gasteiger partial charge in [0.25, 0.3) is 0 Å². The Morgan fingerprint density at radius 1 is 1.38 bits per heavy atom.